The van der Waals surface area contributed by atoms with E-state index in [-0.39, 0.29) is 0 Å². The number of fused-ring (bicyclic) bond motifs is 3. The number of ether oxygens (including phenoxy) is 1. The van der Waals surface area contributed by atoms with Gasteiger partial charge in [-0.1, -0.05) is 0 Å². The summed E-state index contributed by atoms with van der Waals surface area (Å²) in [6.07, 6.45) is 8.49. The minimum absolute atomic E-state index is 0.293. The number of rotatable bonds is 4. The van der Waals surface area contributed by atoms with Crippen molar-refractivity contribution in [1.29, 1.82) is 0 Å². The molecule has 4 aromatic rings. The first kappa shape index (κ1) is 21.4. The van der Waals surface area contributed by atoms with E-state index in [4.69, 9.17) is 4.74 Å². The average molecular weight is 465 g/mol. The lowest BCUT2D eigenvalue weighted by atomic mass is 9.90. The second-order valence-electron chi connectivity index (χ2n) is 9.14. The maximum Gasteiger partial charge on any atom is 0.143 e. The van der Waals surface area contributed by atoms with Gasteiger partial charge in [0.15, 0.2) is 0 Å². The maximum absolute atomic E-state index is 14.9. The van der Waals surface area contributed by atoms with E-state index in [0.717, 1.165) is 74.8 Å². The van der Waals surface area contributed by atoms with Crippen LogP contribution in [0.5, 0.6) is 0 Å². The fourth-order valence-electron chi connectivity index (χ4n) is 5.36. The van der Waals surface area contributed by atoms with Crippen molar-refractivity contribution in [3.8, 4) is 11.1 Å². The van der Waals surface area contributed by atoms with Crippen LogP contribution in [0.25, 0.3) is 33.1 Å². The predicted molar refractivity (Wildman–Crippen MR) is 127 cm³/mol. The zero-order valence-electron chi connectivity index (χ0n) is 18.7. The summed E-state index contributed by atoms with van der Waals surface area (Å²) in [7, 11) is 0. The fraction of sp³-hybridized carbons (Fsp3) is 0.400. The SMILES string of the molecule is Fc1cncc(-c2cc3c(cc2F)[nH]c2ncnc(NC4CCC(N5CCOCC5)CC4)c23)c1. The molecular weight excluding hydrogens is 438 g/mol. The van der Waals surface area contributed by atoms with Crippen LogP contribution in [0.15, 0.2) is 36.9 Å². The van der Waals surface area contributed by atoms with Crippen LogP contribution in [-0.2, 0) is 4.74 Å². The number of anilines is 1. The van der Waals surface area contributed by atoms with Gasteiger partial charge in [0.25, 0.3) is 0 Å². The number of H-pyrrole nitrogens is 1. The van der Waals surface area contributed by atoms with Crippen LogP contribution in [-0.4, -0.2) is 63.2 Å². The highest BCUT2D eigenvalue weighted by atomic mass is 19.1. The Balaban J connectivity index is 1.30. The molecule has 0 atom stereocenters. The van der Waals surface area contributed by atoms with Crippen molar-refractivity contribution in [2.24, 2.45) is 0 Å². The van der Waals surface area contributed by atoms with Crippen LogP contribution in [0.4, 0.5) is 14.6 Å². The van der Waals surface area contributed by atoms with Crippen LogP contribution < -0.4 is 5.32 Å². The van der Waals surface area contributed by atoms with E-state index in [1.54, 1.807) is 6.07 Å². The highest BCUT2D eigenvalue weighted by molar-refractivity contribution is 6.12. The maximum atomic E-state index is 14.9. The smallest absolute Gasteiger partial charge is 0.143 e. The molecule has 1 aliphatic carbocycles. The quantitative estimate of drug-likeness (QED) is 0.463. The molecule has 2 N–H and O–H groups in total. The van der Waals surface area contributed by atoms with Crippen LogP contribution in [0.1, 0.15) is 25.7 Å². The Morgan fingerprint density at radius 1 is 1.00 bits per heavy atom. The molecule has 4 heterocycles. The molecule has 2 aliphatic rings. The summed E-state index contributed by atoms with van der Waals surface area (Å²) < 4.78 is 34.1. The first-order chi connectivity index (χ1) is 16.7. The predicted octanol–water partition coefficient (Wildman–Crippen LogP) is 4.51. The molecule has 7 nitrogen and oxygen atoms in total. The van der Waals surface area contributed by atoms with Crippen LogP contribution in [0, 0.1) is 11.6 Å². The van der Waals surface area contributed by atoms with Gasteiger partial charge in [0.2, 0.25) is 0 Å². The van der Waals surface area contributed by atoms with Crippen molar-refractivity contribution in [2.75, 3.05) is 31.6 Å². The summed E-state index contributed by atoms with van der Waals surface area (Å²) in [6.45, 7) is 3.69. The lowest BCUT2D eigenvalue weighted by Crippen LogP contribution is -2.46. The van der Waals surface area contributed by atoms with E-state index in [1.165, 1.54) is 24.7 Å². The Morgan fingerprint density at radius 2 is 1.82 bits per heavy atom. The van der Waals surface area contributed by atoms with Gasteiger partial charge in [0, 0.05) is 47.9 Å². The lowest BCUT2D eigenvalue weighted by molar-refractivity contribution is 0.00791. The van der Waals surface area contributed by atoms with Crippen molar-refractivity contribution >= 4 is 27.8 Å². The molecule has 1 saturated carbocycles. The molecule has 1 aliphatic heterocycles. The van der Waals surface area contributed by atoms with Gasteiger partial charge in [-0.2, -0.15) is 0 Å². The van der Waals surface area contributed by atoms with Gasteiger partial charge in [-0.15, -0.1) is 0 Å². The molecule has 9 heteroatoms. The van der Waals surface area contributed by atoms with Gasteiger partial charge in [-0.25, -0.2) is 18.7 Å². The Morgan fingerprint density at radius 3 is 2.62 bits per heavy atom. The molecule has 34 heavy (non-hydrogen) atoms. The zero-order valence-corrected chi connectivity index (χ0v) is 18.7. The Hall–Kier alpha value is -3.17. The number of halogens is 2. The van der Waals surface area contributed by atoms with E-state index in [1.807, 2.05) is 0 Å². The first-order valence-corrected chi connectivity index (χ1v) is 11.8. The number of hydrogen-bond donors (Lipinski definition) is 2. The molecule has 0 spiro atoms. The number of nitrogens with one attached hydrogen (secondary N) is 2. The Labute approximate surface area is 195 Å². The molecule has 0 amide bonds. The van der Waals surface area contributed by atoms with Crippen molar-refractivity contribution in [2.45, 2.75) is 37.8 Å². The van der Waals surface area contributed by atoms with E-state index in [0.29, 0.717) is 34.4 Å². The molecular formula is C25H26F2N6O. The van der Waals surface area contributed by atoms with Crippen LogP contribution in [0.3, 0.4) is 0 Å². The third-order valence-corrected chi connectivity index (χ3v) is 7.09. The van der Waals surface area contributed by atoms with Gasteiger partial charge < -0.3 is 15.0 Å². The highest BCUT2D eigenvalue weighted by Crippen LogP contribution is 2.35. The Bertz CT molecular complexity index is 1330. The summed E-state index contributed by atoms with van der Waals surface area (Å²) in [5.41, 5.74) is 1.95. The van der Waals surface area contributed by atoms with Crippen molar-refractivity contribution in [3.63, 3.8) is 0 Å². The largest absolute Gasteiger partial charge is 0.379 e. The second-order valence-corrected chi connectivity index (χ2v) is 9.14. The number of nitrogens with zero attached hydrogens (tertiary/aromatic N) is 4. The molecule has 0 unspecified atom stereocenters. The van der Waals surface area contributed by atoms with Gasteiger partial charge in [0.1, 0.15) is 29.4 Å². The average Bonchev–Trinajstić information content (AvgIpc) is 3.22. The summed E-state index contributed by atoms with van der Waals surface area (Å²) in [4.78, 5) is 18.5. The van der Waals surface area contributed by atoms with Crippen molar-refractivity contribution < 1.29 is 13.5 Å². The molecule has 1 saturated heterocycles. The molecule has 3 aromatic heterocycles. The Kier molecular flexibility index (Phi) is 5.58. The van der Waals surface area contributed by atoms with Crippen molar-refractivity contribution in [3.05, 3.63) is 48.6 Å². The van der Waals surface area contributed by atoms with Gasteiger partial charge in [0.05, 0.1) is 30.3 Å². The van der Waals surface area contributed by atoms with E-state index in [9.17, 15) is 8.78 Å². The lowest BCUT2D eigenvalue weighted by Gasteiger charge is -2.39. The number of benzene rings is 1. The van der Waals surface area contributed by atoms with Gasteiger partial charge in [-0.05, 0) is 43.9 Å². The third kappa shape index (κ3) is 3.99. The van der Waals surface area contributed by atoms with E-state index < -0.39 is 11.6 Å². The fourth-order valence-corrected chi connectivity index (χ4v) is 5.36. The minimum atomic E-state index is -0.505. The monoisotopic (exact) mass is 464 g/mol. The number of hydrogen-bond acceptors (Lipinski definition) is 6. The normalized spacial score (nSPS) is 21.8. The van der Waals surface area contributed by atoms with Crippen LogP contribution in [0.2, 0.25) is 0 Å². The first-order valence-electron chi connectivity index (χ1n) is 11.8. The molecule has 2 fully saturated rings. The molecule has 0 bridgehead atoms. The number of morpholine rings is 1. The number of aromatic amines is 1. The molecule has 1 aromatic carbocycles. The third-order valence-electron chi connectivity index (χ3n) is 7.09. The molecule has 176 valence electrons. The highest BCUT2D eigenvalue weighted by Gasteiger charge is 2.27. The summed E-state index contributed by atoms with van der Waals surface area (Å²) in [5.74, 6) is -0.217. The standard InChI is InChI=1S/C25H26F2N6O/c26-16-9-15(12-28-13-16)19-10-20-22(11-21(19)27)32-25-23(20)24(29-14-30-25)31-17-1-3-18(4-2-17)33-5-7-34-8-6-33/h9-14,17-18H,1-8H2,(H2,29,30,31,32). The summed E-state index contributed by atoms with van der Waals surface area (Å²) in [6, 6.07) is 5.37. The van der Waals surface area contributed by atoms with E-state index >= 15 is 0 Å². The second kappa shape index (κ2) is 8.88. The van der Waals surface area contributed by atoms with Crippen LogP contribution >= 0.6 is 0 Å². The van der Waals surface area contributed by atoms with Crippen molar-refractivity contribution in [1.82, 2.24) is 24.8 Å². The minimum Gasteiger partial charge on any atom is -0.379 e. The summed E-state index contributed by atoms with van der Waals surface area (Å²) in [5, 5.41) is 5.24. The number of aromatic nitrogens is 4. The van der Waals surface area contributed by atoms with Gasteiger partial charge in [-0.3, -0.25) is 9.88 Å². The molecule has 6 rings (SSSR count). The topological polar surface area (TPSA) is 79.0 Å². The molecule has 0 radical (unpaired) electrons. The number of pyridine rings is 1. The van der Waals surface area contributed by atoms with E-state index in [2.05, 4.69) is 30.2 Å². The van der Waals surface area contributed by atoms with Gasteiger partial charge >= 0.3 is 0 Å². The zero-order chi connectivity index (χ0) is 23.1. The summed E-state index contributed by atoms with van der Waals surface area (Å²) >= 11 is 0.